The van der Waals surface area contributed by atoms with Crippen molar-refractivity contribution in [3.8, 4) is 0 Å². The quantitative estimate of drug-likeness (QED) is 0.530. The lowest BCUT2D eigenvalue weighted by molar-refractivity contribution is -0.122. The van der Waals surface area contributed by atoms with Gasteiger partial charge in [0.05, 0.1) is 12.5 Å². The average molecular weight is 157 g/mol. The van der Waals surface area contributed by atoms with Crippen LogP contribution in [0.4, 0.5) is 0 Å². The fourth-order valence-corrected chi connectivity index (χ4v) is 1.41. The highest BCUT2D eigenvalue weighted by Gasteiger charge is 2.27. The normalized spacial score (nSPS) is 30.8. The van der Waals surface area contributed by atoms with Crippen LogP contribution >= 0.6 is 0 Å². The number of carbonyl (C=O) groups is 1. The van der Waals surface area contributed by atoms with Gasteiger partial charge in [-0.1, -0.05) is 13.8 Å². The first-order valence-electron chi connectivity index (χ1n) is 3.94. The van der Waals surface area contributed by atoms with E-state index in [0.717, 1.165) is 0 Å². The number of nitrogens with one attached hydrogen (secondary N) is 1. The maximum absolute atomic E-state index is 10.9. The molecule has 1 aliphatic rings. The van der Waals surface area contributed by atoms with Gasteiger partial charge in [-0.3, -0.25) is 4.79 Å². The first kappa shape index (κ1) is 8.53. The Labute approximate surface area is 66.8 Å². The molecule has 0 bridgehead atoms. The molecule has 0 saturated carbocycles. The topological polar surface area (TPSA) is 49.3 Å². The molecule has 3 heteroatoms. The van der Waals surface area contributed by atoms with E-state index in [9.17, 15) is 9.90 Å². The fraction of sp³-hybridized carbons (Fsp3) is 0.875. The smallest absolute Gasteiger partial charge is 0.222 e. The van der Waals surface area contributed by atoms with E-state index in [0.29, 0.717) is 13.0 Å². The maximum atomic E-state index is 10.9. The summed E-state index contributed by atoms with van der Waals surface area (Å²) in [7, 11) is 0. The van der Waals surface area contributed by atoms with E-state index in [1.54, 1.807) is 0 Å². The van der Waals surface area contributed by atoms with E-state index in [-0.39, 0.29) is 17.7 Å². The lowest BCUT2D eigenvalue weighted by Crippen LogP contribution is -2.30. The van der Waals surface area contributed by atoms with Crippen molar-refractivity contribution < 1.29 is 9.90 Å². The van der Waals surface area contributed by atoms with Crippen molar-refractivity contribution in [3.05, 3.63) is 0 Å². The Bertz CT molecular complexity index is 165. The van der Waals surface area contributed by atoms with Crippen LogP contribution in [0.25, 0.3) is 0 Å². The second-order valence-corrected chi connectivity index (χ2v) is 4.00. The molecule has 0 spiro atoms. The third kappa shape index (κ3) is 2.50. The van der Waals surface area contributed by atoms with E-state index in [1.807, 2.05) is 13.8 Å². The molecule has 1 amide bonds. The molecule has 11 heavy (non-hydrogen) atoms. The zero-order valence-corrected chi connectivity index (χ0v) is 7.05. The zero-order chi connectivity index (χ0) is 8.48. The Hall–Kier alpha value is -0.570. The van der Waals surface area contributed by atoms with Crippen molar-refractivity contribution in [3.63, 3.8) is 0 Å². The molecule has 0 aliphatic carbocycles. The van der Waals surface area contributed by atoms with Gasteiger partial charge >= 0.3 is 0 Å². The zero-order valence-electron chi connectivity index (χ0n) is 7.05. The van der Waals surface area contributed by atoms with Gasteiger partial charge in [-0.05, 0) is 11.8 Å². The number of hydrogen-bond acceptors (Lipinski definition) is 2. The molecular weight excluding hydrogens is 142 g/mol. The summed E-state index contributed by atoms with van der Waals surface area (Å²) in [5.41, 5.74) is 0.0333. The molecule has 1 unspecified atom stereocenters. The molecule has 1 heterocycles. The fourth-order valence-electron chi connectivity index (χ4n) is 1.41. The number of amides is 1. The van der Waals surface area contributed by atoms with E-state index >= 15 is 0 Å². The number of rotatable bonds is 0. The first-order valence-corrected chi connectivity index (χ1v) is 3.94. The largest absolute Gasteiger partial charge is 0.393 e. The SMILES string of the molecule is CC1(C)CNC(=O)CC(O)C1. The van der Waals surface area contributed by atoms with Gasteiger partial charge in [0.1, 0.15) is 0 Å². The van der Waals surface area contributed by atoms with Crippen molar-refractivity contribution in [1.82, 2.24) is 5.32 Å². The van der Waals surface area contributed by atoms with Crippen LogP contribution in [0.15, 0.2) is 0 Å². The highest BCUT2D eigenvalue weighted by atomic mass is 16.3. The van der Waals surface area contributed by atoms with Crippen molar-refractivity contribution in [2.75, 3.05) is 6.54 Å². The predicted molar refractivity (Wildman–Crippen MR) is 42.0 cm³/mol. The molecule has 3 nitrogen and oxygen atoms in total. The Kier molecular flexibility index (Phi) is 2.18. The first-order chi connectivity index (χ1) is 4.99. The van der Waals surface area contributed by atoms with Gasteiger partial charge in [-0.25, -0.2) is 0 Å². The molecule has 2 N–H and O–H groups in total. The number of hydrogen-bond donors (Lipinski definition) is 2. The van der Waals surface area contributed by atoms with E-state index in [2.05, 4.69) is 5.32 Å². The minimum absolute atomic E-state index is 0.0333. The van der Waals surface area contributed by atoms with Crippen LogP contribution in [0, 0.1) is 5.41 Å². The van der Waals surface area contributed by atoms with E-state index in [4.69, 9.17) is 0 Å². The van der Waals surface area contributed by atoms with Gasteiger partial charge in [-0.15, -0.1) is 0 Å². The second-order valence-electron chi connectivity index (χ2n) is 4.00. The number of aliphatic hydroxyl groups excluding tert-OH is 1. The molecule has 1 rings (SSSR count). The van der Waals surface area contributed by atoms with Gasteiger partial charge in [0.15, 0.2) is 0 Å². The van der Waals surface area contributed by atoms with Crippen molar-refractivity contribution in [2.45, 2.75) is 32.8 Å². The summed E-state index contributed by atoms with van der Waals surface area (Å²) in [5.74, 6) is -0.0388. The van der Waals surface area contributed by atoms with Crippen LogP contribution in [0.5, 0.6) is 0 Å². The summed E-state index contributed by atoms with van der Waals surface area (Å²) in [4.78, 5) is 10.9. The van der Waals surface area contributed by atoms with Gasteiger partial charge < -0.3 is 10.4 Å². The average Bonchev–Trinajstić information content (AvgIpc) is 1.90. The summed E-state index contributed by atoms with van der Waals surface area (Å²) in [6, 6.07) is 0. The molecule has 1 atom stereocenters. The molecule has 0 aromatic rings. The molecule has 0 aromatic carbocycles. The Morgan fingerprint density at radius 2 is 2.27 bits per heavy atom. The highest BCUT2D eigenvalue weighted by Crippen LogP contribution is 2.24. The lowest BCUT2D eigenvalue weighted by atomic mass is 9.87. The summed E-state index contributed by atoms with van der Waals surface area (Å²) < 4.78 is 0. The Morgan fingerprint density at radius 3 is 2.91 bits per heavy atom. The molecular formula is C8H15NO2. The van der Waals surface area contributed by atoms with E-state index in [1.165, 1.54) is 0 Å². The Balaban J connectivity index is 2.60. The number of carbonyl (C=O) groups excluding carboxylic acids is 1. The monoisotopic (exact) mass is 157 g/mol. The van der Waals surface area contributed by atoms with E-state index < -0.39 is 6.10 Å². The molecule has 1 saturated heterocycles. The molecule has 0 aromatic heterocycles. The van der Waals surface area contributed by atoms with Crippen molar-refractivity contribution in [2.24, 2.45) is 5.41 Å². The van der Waals surface area contributed by atoms with Crippen molar-refractivity contribution in [1.29, 1.82) is 0 Å². The molecule has 0 radical (unpaired) electrons. The number of aliphatic hydroxyl groups is 1. The van der Waals surface area contributed by atoms with Crippen molar-refractivity contribution >= 4 is 5.91 Å². The molecule has 64 valence electrons. The second kappa shape index (κ2) is 2.81. The molecule has 1 fully saturated rings. The van der Waals surface area contributed by atoms with Crippen LogP contribution in [0.3, 0.4) is 0 Å². The predicted octanol–water partition coefficient (Wildman–Crippen LogP) is 0.283. The van der Waals surface area contributed by atoms with Crippen LogP contribution in [-0.2, 0) is 4.79 Å². The third-order valence-corrected chi connectivity index (χ3v) is 1.97. The van der Waals surface area contributed by atoms with Gasteiger partial charge in [-0.2, -0.15) is 0 Å². The minimum atomic E-state index is -0.465. The summed E-state index contributed by atoms with van der Waals surface area (Å²) in [6.07, 6.45) is 0.488. The van der Waals surface area contributed by atoms with Gasteiger partial charge in [0.2, 0.25) is 5.91 Å². The van der Waals surface area contributed by atoms with Gasteiger partial charge in [0.25, 0.3) is 0 Å². The minimum Gasteiger partial charge on any atom is -0.393 e. The summed E-state index contributed by atoms with van der Waals surface area (Å²) in [5, 5.41) is 12.1. The van der Waals surface area contributed by atoms with Crippen LogP contribution < -0.4 is 5.32 Å². The Morgan fingerprint density at radius 1 is 1.64 bits per heavy atom. The maximum Gasteiger partial charge on any atom is 0.222 e. The third-order valence-electron chi connectivity index (χ3n) is 1.97. The summed E-state index contributed by atoms with van der Waals surface area (Å²) >= 11 is 0. The van der Waals surface area contributed by atoms with Crippen LogP contribution in [-0.4, -0.2) is 23.7 Å². The standard InChI is InChI=1S/C8H15NO2/c1-8(2)4-6(10)3-7(11)9-5-8/h6,10H,3-5H2,1-2H3,(H,9,11). The highest BCUT2D eigenvalue weighted by molar-refractivity contribution is 5.76. The lowest BCUT2D eigenvalue weighted by Gasteiger charge is -2.22. The van der Waals surface area contributed by atoms with Gasteiger partial charge in [0, 0.05) is 6.54 Å². The molecule has 1 aliphatic heterocycles. The van der Waals surface area contributed by atoms with Crippen LogP contribution in [0.2, 0.25) is 0 Å². The summed E-state index contributed by atoms with van der Waals surface area (Å²) in [6.45, 7) is 4.76. The van der Waals surface area contributed by atoms with Crippen LogP contribution in [0.1, 0.15) is 26.7 Å².